The number of aromatic nitrogens is 1. The first-order valence-electron chi connectivity index (χ1n) is 15.3. The zero-order valence-corrected chi connectivity index (χ0v) is 25.8. The third kappa shape index (κ3) is 5.42. The average Bonchev–Trinajstić information content (AvgIpc) is 3.63. The van der Waals surface area contributed by atoms with Gasteiger partial charge in [-0.1, -0.05) is 39.5 Å². The van der Waals surface area contributed by atoms with Gasteiger partial charge in [0.2, 0.25) is 0 Å². The third-order valence-electron chi connectivity index (χ3n) is 8.86. The van der Waals surface area contributed by atoms with Crippen LogP contribution in [0.2, 0.25) is 0 Å². The van der Waals surface area contributed by atoms with Gasteiger partial charge < -0.3 is 10.1 Å². The van der Waals surface area contributed by atoms with Crippen LogP contribution in [0.5, 0.6) is 0 Å². The molecule has 0 amide bonds. The Kier molecular flexibility index (Phi) is 8.72. The van der Waals surface area contributed by atoms with E-state index in [2.05, 4.69) is 38.8 Å². The number of allylic oxidation sites excluding steroid dienone is 8. The highest BCUT2D eigenvalue weighted by molar-refractivity contribution is 6.24. The zero-order valence-electron chi connectivity index (χ0n) is 25.8. The maximum Gasteiger partial charge on any atom is 0.152 e. The van der Waals surface area contributed by atoms with Crippen molar-refractivity contribution in [3.8, 4) is 0 Å². The molecule has 0 atom stereocenters. The molecule has 0 fully saturated rings. The molecule has 5 rings (SSSR count). The summed E-state index contributed by atoms with van der Waals surface area (Å²) in [4.78, 5) is 31.0. The van der Waals surface area contributed by atoms with E-state index >= 15 is 0 Å². The van der Waals surface area contributed by atoms with E-state index in [0.29, 0.717) is 11.3 Å². The first-order valence-corrected chi connectivity index (χ1v) is 15.3. The standard InChI is InChI=1S/C36H42N4O2/c1-7-9-11-13-25-21(3)29-17-35-28(20-42)24(6)32(40-35)16-34-26(14-12-10-8-2)22(4)30(38-34)18-36-27(19-41)23(5)31(39-36)15-33(25)37-29/h15-20,39,41H,7-14H2,1-6H3. The molecular weight excluding hydrogens is 520 g/mol. The van der Waals surface area contributed by atoms with Gasteiger partial charge in [0.1, 0.15) is 0 Å². The predicted molar refractivity (Wildman–Crippen MR) is 175 cm³/mol. The first kappa shape index (κ1) is 29.4. The van der Waals surface area contributed by atoms with Gasteiger partial charge in [-0.05, 0) is 111 Å². The molecule has 0 saturated heterocycles. The molecule has 1 aromatic rings. The molecule has 6 heteroatoms. The number of aliphatic imine (C=N–C) groups is 3. The number of rotatable bonds is 9. The van der Waals surface area contributed by atoms with Gasteiger partial charge in [0.15, 0.2) is 6.29 Å². The summed E-state index contributed by atoms with van der Waals surface area (Å²) in [7, 11) is 0. The van der Waals surface area contributed by atoms with Crippen molar-refractivity contribution in [3.05, 3.63) is 84.5 Å². The van der Waals surface area contributed by atoms with Crippen LogP contribution in [0.3, 0.4) is 0 Å². The monoisotopic (exact) mass is 562 g/mol. The van der Waals surface area contributed by atoms with Gasteiger partial charge >= 0.3 is 0 Å². The van der Waals surface area contributed by atoms with Crippen molar-refractivity contribution in [2.75, 3.05) is 0 Å². The number of carbonyl (C=O) groups is 1. The van der Waals surface area contributed by atoms with Gasteiger partial charge in [-0.25, -0.2) is 15.0 Å². The molecule has 5 heterocycles. The number of aldehydes is 1. The van der Waals surface area contributed by atoms with Crippen LogP contribution in [-0.2, 0) is 4.79 Å². The van der Waals surface area contributed by atoms with Gasteiger partial charge in [-0.3, -0.25) is 4.79 Å². The second kappa shape index (κ2) is 12.4. The van der Waals surface area contributed by atoms with Crippen molar-refractivity contribution >= 4 is 41.8 Å². The number of aliphatic hydroxyl groups excluding tert-OH is 1. The van der Waals surface area contributed by atoms with Crippen molar-refractivity contribution in [2.45, 2.75) is 92.9 Å². The lowest BCUT2D eigenvalue weighted by atomic mass is 9.97. The van der Waals surface area contributed by atoms with Crippen LogP contribution in [0, 0.1) is 6.92 Å². The zero-order chi connectivity index (χ0) is 30.0. The molecular formula is C36H42N4O2. The molecule has 0 spiro atoms. The largest absolute Gasteiger partial charge is 0.515 e. The highest BCUT2D eigenvalue weighted by Gasteiger charge is 2.26. The molecule has 218 valence electrons. The average molecular weight is 563 g/mol. The van der Waals surface area contributed by atoms with E-state index in [9.17, 15) is 9.90 Å². The Balaban J connectivity index is 1.78. The van der Waals surface area contributed by atoms with E-state index in [-0.39, 0.29) is 0 Å². The van der Waals surface area contributed by atoms with E-state index in [4.69, 9.17) is 15.0 Å². The minimum atomic E-state index is 0.598. The fraction of sp³-hybridized carbons (Fsp3) is 0.389. The number of hydrogen-bond donors (Lipinski definition) is 2. The Morgan fingerprint density at radius 2 is 1.24 bits per heavy atom. The van der Waals surface area contributed by atoms with Gasteiger partial charge in [0, 0.05) is 16.5 Å². The van der Waals surface area contributed by atoms with Crippen LogP contribution in [0.1, 0.15) is 97.2 Å². The summed E-state index contributed by atoms with van der Waals surface area (Å²) in [5.74, 6) is 0. The number of aromatic amines is 1. The minimum Gasteiger partial charge on any atom is -0.515 e. The molecule has 1 aromatic heterocycles. The summed E-state index contributed by atoms with van der Waals surface area (Å²) in [5.41, 5.74) is 12.9. The summed E-state index contributed by atoms with van der Waals surface area (Å²) >= 11 is 0. The summed E-state index contributed by atoms with van der Waals surface area (Å²) in [6.45, 7) is 12.6. The Morgan fingerprint density at radius 3 is 1.81 bits per heavy atom. The Morgan fingerprint density at radius 1 is 0.714 bits per heavy atom. The Bertz CT molecular complexity index is 1740. The van der Waals surface area contributed by atoms with E-state index in [0.717, 1.165) is 125 Å². The molecule has 0 aliphatic carbocycles. The molecule has 0 radical (unpaired) electrons. The number of H-pyrrole nitrogens is 1. The van der Waals surface area contributed by atoms with Gasteiger partial charge in [0.25, 0.3) is 0 Å². The Labute approximate surface area is 248 Å². The lowest BCUT2D eigenvalue weighted by Crippen LogP contribution is -2.25. The highest BCUT2D eigenvalue weighted by atomic mass is 16.2. The summed E-state index contributed by atoms with van der Waals surface area (Å²) in [6.07, 6.45) is 18.8. The summed E-state index contributed by atoms with van der Waals surface area (Å²) < 4.78 is 0. The molecule has 42 heavy (non-hydrogen) atoms. The second-order valence-electron chi connectivity index (χ2n) is 11.6. The van der Waals surface area contributed by atoms with Gasteiger partial charge in [-0.15, -0.1) is 0 Å². The predicted octanol–water partition coefficient (Wildman–Crippen LogP) is 7.19. The van der Waals surface area contributed by atoms with Crippen LogP contribution >= 0.6 is 0 Å². The van der Waals surface area contributed by atoms with Gasteiger partial charge in [-0.2, -0.15) is 0 Å². The van der Waals surface area contributed by atoms with Crippen molar-refractivity contribution in [2.24, 2.45) is 15.0 Å². The number of carbonyl (C=O) groups excluding carboxylic acids is 1. The third-order valence-corrected chi connectivity index (χ3v) is 8.86. The molecule has 0 saturated carbocycles. The fourth-order valence-corrected chi connectivity index (χ4v) is 6.12. The lowest BCUT2D eigenvalue weighted by Gasteiger charge is -2.06. The molecule has 4 aliphatic heterocycles. The van der Waals surface area contributed by atoms with Crippen molar-refractivity contribution in [1.82, 2.24) is 4.98 Å². The minimum absolute atomic E-state index is 0.598. The molecule has 6 nitrogen and oxygen atoms in total. The molecule has 4 aliphatic rings. The Hall–Kier alpha value is -4.06. The SMILES string of the molecule is CCCCCC1=C(C)C2=NC1=Cc1[nH]c(c(=CO)c1C)=CC1=NC(=CC3=NC(=C2)C(C=O)=C3C)C(CCCCC)=C1C. The smallest absolute Gasteiger partial charge is 0.152 e. The number of fused-ring (bicyclic) bond motifs is 5. The normalized spacial score (nSPS) is 18.7. The maximum atomic E-state index is 12.3. The second-order valence-corrected chi connectivity index (χ2v) is 11.6. The van der Waals surface area contributed by atoms with Crippen molar-refractivity contribution < 1.29 is 9.90 Å². The van der Waals surface area contributed by atoms with Crippen LogP contribution in [-0.4, -0.2) is 33.5 Å². The summed E-state index contributed by atoms with van der Waals surface area (Å²) in [5, 5.41) is 11.8. The van der Waals surface area contributed by atoms with E-state index < -0.39 is 0 Å². The fourth-order valence-electron chi connectivity index (χ4n) is 6.12. The lowest BCUT2D eigenvalue weighted by molar-refractivity contribution is -0.104. The van der Waals surface area contributed by atoms with Crippen molar-refractivity contribution in [1.29, 1.82) is 0 Å². The van der Waals surface area contributed by atoms with E-state index in [1.165, 1.54) is 17.4 Å². The quantitative estimate of drug-likeness (QED) is 0.246. The first-order chi connectivity index (χ1) is 20.3. The van der Waals surface area contributed by atoms with Crippen LogP contribution < -0.4 is 10.6 Å². The number of nitrogens with zero attached hydrogens (tertiary/aromatic N) is 3. The van der Waals surface area contributed by atoms with E-state index in [1.807, 2.05) is 32.1 Å². The number of nitrogens with one attached hydrogen (secondary N) is 1. The van der Waals surface area contributed by atoms with E-state index in [1.54, 1.807) is 0 Å². The van der Waals surface area contributed by atoms with Crippen molar-refractivity contribution in [3.63, 3.8) is 0 Å². The van der Waals surface area contributed by atoms with Crippen LogP contribution in [0.25, 0.3) is 18.4 Å². The molecule has 0 aromatic carbocycles. The van der Waals surface area contributed by atoms with Crippen LogP contribution in [0.15, 0.2) is 77.7 Å². The highest BCUT2D eigenvalue weighted by Crippen LogP contribution is 2.35. The molecule has 0 unspecified atom stereocenters. The number of hydrogen-bond acceptors (Lipinski definition) is 5. The van der Waals surface area contributed by atoms with Crippen LogP contribution in [0.4, 0.5) is 0 Å². The van der Waals surface area contributed by atoms with Gasteiger partial charge in [0.05, 0.1) is 45.8 Å². The maximum absolute atomic E-state index is 12.3. The molecule has 2 N–H and O–H groups in total. The number of unbranched alkanes of at least 4 members (excludes halogenated alkanes) is 4. The number of aliphatic hydroxyl groups is 1. The topological polar surface area (TPSA) is 90.2 Å². The molecule has 8 bridgehead atoms. The summed E-state index contributed by atoms with van der Waals surface area (Å²) in [6, 6.07) is 0.